The van der Waals surface area contributed by atoms with Gasteiger partial charge in [-0.1, -0.05) is 35.9 Å². The first-order valence-electron chi connectivity index (χ1n) is 7.76. The van der Waals surface area contributed by atoms with Crippen molar-refractivity contribution >= 4 is 11.4 Å². The minimum absolute atomic E-state index is 0.605. The second-order valence-electron chi connectivity index (χ2n) is 6.17. The Morgan fingerprint density at radius 2 is 1.95 bits per heavy atom. The van der Waals surface area contributed by atoms with Crippen LogP contribution >= 0.6 is 0 Å². The number of hydrogen-bond acceptors (Lipinski definition) is 2. The van der Waals surface area contributed by atoms with Crippen LogP contribution in [0.15, 0.2) is 42.5 Å². The van der Waals surface area contributed by atoms with Crippen LogP contribution in [0.25, 0.3) is 0 Å². The number of nitrogens with one attached hydrogen (secondary N) is 1. The fourth-order valence-corrected chi connectivity index (χ4v) is 3.40. The second kappa shape index (κ2) is 5.80. The normalized spacial score (nSPS) is 17.0. The molecule has 1 N–H and O–H groups in total. The average Bonchev–Trinajstić information content (AvgIpc) is 2.47. The molecule has 0 radical (unpaired) electrons. The van der Waals surface area contributed by atoms with Crippen LogP contribution in [0.4, 0.5) is 11.4 Å². The summed E-state index contributed by atoms with van der Waals surface area (Å²) in [5.74, 6) is 0.605. The first-order valence-corrected chi connectivity index (χ1v) is 7.76. The van der Waals surface area contributed by atoms with Gasteiger partial charge < -0.3 is 10.2 Å². The summed E-state index contributed by atoms with van der Waals surface area (Å²) >= 11 is 0. The number of aryl methyl sites for hydroxylation is 2. The fraction of sp³-hybridized carbons (Fsp3) is 0.368. The second-order valence-corrected chi connectivity index (χ2v) is 6.17. The Hall–Kier alpha value is -1.96. The zero-order chi connectivity index (χ0) is 14.8. The summed E-state index contributed by atoms with van der Waals surface area (Å²) in [4.78, 5) is 2.40. The molecule has 1 aliphatic heterocycles. The van der Waals surface area contributed by atoms with Crippen LogP contribution in [0, 0.1) is 13.8 Å². The highest BCUT2D eigenvalue weighted by atomic mass is 15.1. The minimum atomic E-state index is 0.605. The van der Waals surface area contributed by atoms with Crippen molar-refractivity contribution in [3.8, 4) is 0 Å². The topological polar surface area (TPSA) is 15.3 Å². The molecule has 1 atom stereocenters. The van der Waals surface area contributed by atoms with Gasteiger partial charge in [0, 0.05) is 37.4 Å². The molecule has 1 aliphatic rings. The number of fused-ring (bicyclic) bond motifs is 1. The highest BCUT2D eigenvalue weighted by molar-refractivity contribution is 5.57. The van der Waals surface area contributed by atoms with E-state index >= 15 is 0 Å². The highest BCUT2D eigenvalue weighted by Gasteiger charge is 2.21. The molecule has 2 nitrogen and oxygen atoms in total. The van der Waals surface area contributed by atoms with E-state index in [1.165, 1.54) is 34.5 Å². The summed E-state index contributed by atoms with van der Waals surface area (Å²) in [5, 5.41) is 3.51. The molecule has 2 aromatic carbocycles. The number of hydrogen-bond donors (Lipinski definition) is 1. The Morgan fingerprint density at radius 1 is 1.14 bits per heavy atom. The Morgan fingerprint density at radius 3 is 2.76 bits per heavy atom. The van der Waals surface area contributed by atoms with Gasteiger partial charge in [0.2, 0.25) is 0 Å². The van der Waals surface area contributed by atoms with Crippen molar-refractivity contribution in [3.63, 3.8) is 0 Å². The highest BCUT2D eigenvalue weighted by Crippen LogP contribution is 2.33. The maximum absolute atomic E-state index is 3.51. The van der Waals surface area contributed by atoms with Crippen molar-refractivity contribution in [2.75, 3.05) is 30.4 Å². The predicted molar refractivity (Wildman–Crippen MR) is 91.5 cm³/mol. The fourth-order valence-electron chi connectivity index (χ4n) is 3.40. The van der Waals surface area contributed by atoms with E-state index in [1.807, 2.05) is 0 Å². The van der Waals surface area contributed by atoms with Gasteiger partial charge in [-0.25, -0.2) is 0 Å². The summed E-state index contributed by atoms with van der Waals surface area (Å²) in [7, 11) is 2.21. The van der Waals surface area contributed by atoms with Gasteiger partial charge in [-0.3, -0.25) is 0 Å². The van der Waals surface area contributed by atoms with Crippen LogP contribution in [0.2, 0.25) is 0 Å². The summed E-state index contributed by atoms with van der Waals surface area (Å²) in [5.41, 5.74) is 6.80. The Bertz CT molecular complexity index is 633. The van der Waals surface area contributed by atoms with E-state index in [2.05, 4.69) is 73.6 Å². The number of anilines is 2. The predicted octanol–water partition coefficient (Wildman–Crippen LogP) is 4.34. The zero-order valence-corrected chi connectivity index (χ0v) is 13.2. The smallest absolute Gasteiger partial charge is 0.0393 e. The van der Waals surface area contributed by atoms with E-state index in [4.69, 9.17) is 0 Å². The minimum Gasteiger partial charge on any atom is -0.385 e. The summed E-state index contributed by atoms with van der Waals surface area (Å²) < 4.78 is 0. The lowest BCUT2D eigenvalue weighted by Crippen LogP contribution is -2.29. The van der Waals surface area contributed by atoms with Gasteiger partial charge in [0.15, 0.2) is 0 Å². The Kier molecular flexibility index (Phi) is 3.87. The average molecular weight is 280 g/mol. The summed E-state index contributed by atoms with van der Waals surface area (Å²) in [6.45, 7) is 6.50. The van der Waals surface area contributed by atoms with E-state index < -0.39 is 0 Å². The maximum atomic E-state index is 3.51. The molecule has 2 heteroatoms. The molecule has 3 rings (SSSR count). The number of nitrogens with zero attached hydrogens (tertiary/aromatic N) is 1. The largest absolute Gasteiger partial charge is 0.385 e. The summed E-state index contributed by atoms with van der Waals surface area (Å²) in [6.07, 6.45) is 1.20. The van der Waals surface area contributed by atoms with Gasteiger partial charge in [-0.05, 0) is 43.5 Å². The van der Waals surface area contributed by atoms with Crippen LogP contribution < -0.4 is 10.2 Å². The van der Waals surface area contributed by atoms with E-state index in [9.17, 15) is 0 Å². The monoisotopic (exact) mass is 280 g/mol. The van der Waals surface area contributed by atoms with Gasteiger partial charge in [0.25, 0.3) is 0 Å². The molecule has 110 valence electrons. The van der Waals surface area contributed by atoms with Crippen LogP contribution in [0.5, 0.6) is 0 Å². The standard InChI is InChI=1S/C19H24N2/c1-14-8-9-19(15(2)12-14)21(3)13-16-10-11-20-18-7-5-4-6-17(16)18/h4-9,12,16,20H,10-11,13H2,1-3H3. The van der Waals surface area contributed by atoms with Crippen molar-refractivity contribution in [2.45, 2.75) is 26.2 Å². The van der Waals surface area contributed by atoms with Crippen LogP contribution in [0.1, 0.15) is 29.0 Å². The molecule has 21 heavy (non-hydrogen) atoms. The van der Waals surface area contributed by atoms with Gasteiger partial charge in [0.05, 0.1) is 0 Å². The van der Waals surface area contributed by atoms with Crippen molar-refractivity contribution in [1.29, 1.82) is 0 Å². The van der Waals surface area contributed by atoms with Crippen LogP contribution in [-0.2, 0) is 0 Å². The maximum Gasteiger partial charge on any atom is 0.0393 e. The molecule has 0 bridgehead atoms. The van der Waals surface area contributed by atoms with Gasteiger partial charge in [0.1, 0.15) is 0 Å². The molecule has 2 aromatic rings. The molecule has 0 spiro atoms. The van der Waals surface area contributed by atoms with Crippen molar-refractivity contribution in [1.82, 2.24) is 0 Å². The van der Waals surface area contributed by atoms with Crippen molar-refractivity contribution in [3.05, 3.63) is 59.2 Å². The zero-order valence-electron chi connectivity index (χ0n) is 13.2. The summed E-state index contributed by atoms with van der Waals surface area (Å²) in [6, 6.07) is 15.4. The third-order valence-corrected chi connectivity index (χ3v) is 4.47. The first kappa shape index (κ1) is 14.0. The van der Waals surface area contributed by atoms with E-state index in [0.29, 0.717) is 5.92 Å². The van der Waals surface area contributed by atoms with Crippen LogP contribution in [0.3, 0.4) is 0 Å². The third-order valence-electron chi connectivity index (χ3n) is 4.47. The number of para-hydroxylation sites is 1. The Balaban J connectivity index is 1.81. The quantitative estimate of drug-likeness (QED) is 0.899. The number of rotatable bonds is 3. The van der Waals surface area contributed by atoms with E-state index in [0.717, 1.165) is 13.1 Å². The van der Waals surface area contributed by atoms with Gasteiger partial charge in [-0.15, -0.1) is 0 Å². The lowest BCUT2D eigenvalue weighted by atomic mass is 9.90. The van der Waals surface area contributed by atoms with Crippen molar-refractivity contribution in [2.24, 2.45) is 0 Å². The lowest BCUT2D eigenvalue weighted by molar-refractivity contribution is 0.619. The third kappa shape index (κ3) is 2.90. The molecule has 0 saturated heterocycles. The molecule has 1 heterocycles. The molecule has 0 fully saturated rings. The van der Waals surface area contributed by atoms with Crippen LogP contribution in [-0.4, -0.2) is 20.1 Å². The SMILES string of the molecule is Cc1ccc(N(C)CC2CCNc3ccccc32)c(C)c1. The van der Waals surface area contributed by atoms with Crippen molar-refractivity contribution < 1.29 is 0 Å². The number of benzene rings is 2. The lowest BCUT2D eigenvalue weighted by Gasteiger charge is -2.31. The van der Waals surface area contributed by atoms with E-state index in [1.54, 1.807) is 0 Å². The molecule has 1 unspecified atom stereocenters. The van der Waals surface area contributed by atoms with Gasteiger partial charge >= 0.3 is 0 Å². The molecular weight excluding hydrogens is 256 g/mol. The van der Waals surface area contributed by atoms with Gasteiger partial charge in [-0.2, -0.15) is 0 Å². The molecule has 0 aromatic heterocycles. The Labute approximate surface area is 127 Å². The molecule has 0 amide bonds. The molecule has 0 saturated carbocycles. The number of likely N-dealkylation sites (N-methyl/N-ethyl adjacent to an activating group) is 1. The molecular formula is C19H24N2. The molecule has 0 aliphatic carbocycles. The van der Waals surface area contributed by atoms with E-state index in [-0.39, 0.29) is 0 Å². The first-order chi connectivity index (χ1) is 10.1.